The van der Waals surface area contributed by atoms with Gasteiger partial charge in [-0.2, -0.15) is 4.98 Å². The highest BCUT2D eigenvalue weighted by Crippen LogP contribution is 2.28. The van der Waals surface area contributed by atoms with E-state index in [-0.39, 0.29) is 18.5 Å². The standard InChI is InChI=1S/C14H19N3O8/c18-5-8-11(20)12(21)13(24-8)17-4-3-9(15-14(17)22)16-25-10(19)6-23-7-1-2-7/h3-4,7-8,11-13,18,20-21H,1-2,5-6H2,(H,15,16,22)/t8-,11-,12-,13-/m1/s1. The van der Waals surface area contributed by atoms with Crippen LogP contribution in [-0.2, 0) is 19.1 Å². The lowest BCUT2D eigenvalue weighted by molar-refractivity contribution is -0.146. The predicted octanol–water partition coefficient (Wildman–Crippen LogP) is -2.10. The van der Waals surface area contributed by atoms with Crippen molar-refractivity contribution in [2.24, 2.45) is 0 Å². The van der Waals surface area contributed by atoms with Gasteiger partial charge in [-0.3, -0.25) is 4.57 Å². The molecule has 2 heterocycles. The molecule has 4 atom stereocenters. The van der Waals surface area contributed by atoms with Crippen molar-refractivity contribution in [3.05, 3.63) is 22.7 Å². The summed E-state index contributed by atoms with van der Waals surface area (Å²) in [6, 6.07) is 1.32. The monoisotopic (exact) mass is 357 g/mol. The Morgan fingerprint density at radius 1 is 1.40 bits per heavy atom. The Hall–Kier alpha value is -2.05. The molecule has 0 spiro atoms. The molecule has 0 radical (unpaired) electrons. The number of carbonyl (C=O) groups excluding carboxylic acids is 1. The molecule has 1 aliphatic carbocycles. The normalized spacial score (nSPS) is 28.8. The van der Waals surface area contributed by atoms with Crippen molar-refractivity contribution in [2.45, 2.75) is 43.5 Å². The van der Waals surface area contributed by atoms with Gasteiger partial charge in [0.1, 0.15) is 24.9 Å². The summed E-state index contributed by atoms with van der Waals surface area (Å²) in [5.74, 6) is -0.672. The smallest absolute Gasteiger partial charge is 0.357 e. The maximum Gasteiger partial charge on any atom is 0.357 e. The van der Waals surface area contributed by atoms with Crippen LogP contribution >= 0.6 is 0 Å². The van der Waals surface area contributed by atoms with E-state index in [9.17, 15) is 19.8 Å². The van der Waals surface area contributed by atoms with Gasteiger partial charge >= 0.3 is 11.7 Å². The Balaban J connectivity index is 1.59. The van der Waals surface area contributed by atoms with E-state index in [2.05, 4.69) is 10.5 Å². The molecule has 25 heavy (non-hydrogen) atoms. The molecule has 3 rings (SSSR count). The van der Waals surface area contributed by atoms with Crippen molar-refractivity contribution in [2.75, 3.05) is 18.7 Å². The fourth-order valence-corrected chi connectivity index (χ4v) is 2.33. The first kappa shape index (κ1) is 17.8. The molecular formula is C14H19N3O8. The highest BCUT2D eigenvalue weighted by molar-refractivity contribution is 5.71. The van der Waals surface area contributed by atoms with Crippen LogP contribution < -0.4 is 11.2 Å². The van der Waals surface area contributed by atoms with Gasteiger partial charge in [-0.15, -0.1) is 0 Å². The quantitative estimate of drug-likeness (QED) is 0.399. The Morgan fingerprint density at radius 2 is 2.16 bits per heavy atom. The maximum absolute atomic E-state index is 12.1. The average molecular weight is 357 g/mol. The fourth-order valence-electron chi connectivity index (χ4n) is 2.33. The summed E-state index contributed by atoms with van der Waals surface area (Å²) < 4.78 is 11.4. The second-order valence-electron chi connectivity index (χ2n) is 5.82. The molecule has 4 N–H and O–H groups in total. The number of aliphatic hydroxyl groups excluding tert-OH is 3. The lowest BCUT2D eigenvalue weighted by Crippen LogP contribution is -2.36. The van der Waals surface area contributed by atoms with Crippen molar-refractivity contribution in [1.29, 1.82) is 0 Å². The first-order valence-corrected chi connectivity index (χ1v) is 7.78. The molecule has 1 aromatic heterocycles. The number of anilines is 1. The molecule has 1 aromatic rings. The van der Waals surface area contributed by atoms with Gasteiger partial charge in [-0.1, -0.05) is 0 Å². The topological polar surface area (TPSA) is 152 Å². The molecule has 2 fully saturated rings. The predicted molar refractivity (Wildman–Crippen MR) is 80.2 cm³/mol. The molecule has 0 amide bonds. The van der Waals surface area contributed by atoms with Crippen LogP contribution in [0.15, 0.2) is 17.1 Å². The fraction of sp³-hybridized carbons (Fsp3) is 0.643. The lowest BCUT2D eigenvalue weighted by atomic mass is 10.1. The van der Waals surface area contributed by atoms with Gasteiger partial charge in [0.15, 0.2) is 12.0 Å². The highest BCUT2D eigenvalue weighted by Gasteiger charge is 2.43. The average Bonchev–Trinajstić information content (AvgIpc) is 3.39. The third-order valence-corrected chi connectivity index (χ3v) is 3.85. The molecule has 1 aliphatic heterocycles. The lowest BCUT2D eigenvalue weighted by Gasteiger charge is -2.17. The van der Waals surface area contributed by atoms with E-state index in [1.165, 1.54) is 12.3 Å². The van der Waals surface area contributed by atoms with Crippen molar-refractivity contribution in [3.8, 4) is 0 Å². The van der Waals surface area contributed by atoms with E-state index < -0.39 is 42.8 Å². The number of ether oxygens (including phenoxy) is 2. The summed E-state index contributed by atoms with van der Waals surface area (Å²) in [7, 11) is 0. The largest absolute Gasteiger partial charge is 0.394 e. The molecule has 1 saturated carbocycles. The van der Waals surface area contributed by atoms with Gasteiger partial charge in [0.05, 0.1) is 12.7 Å². The van der Waals surface area contributed by atoms with Gasteiger partial charge in [0.25, 0.3) is 0 Å². The van der Waals surface area contributed by atoms with Gasteiger partial charge in [-0.25, -0.2) is 15.1 Å². The van der Waals surface area contributed by atoms with Crippen LogP contribution in [0.25, 0.3) is 0 Å². The summed E-state index contributed by atoms with van der Waals surface area (Å²) >= 11 is 0. The van der Waals surface area contributed by atoms with E-state index in [1.54, 1.807) is 0 Å². The van der Waals surface area contributed by atoms with Crippen molar-refractivity contribution in [3.63, 3.8) is 0 Å². The zero-order chi connectivity index (χ0) is 18.0. The van der Waals surface area contributed by atoms with Gasteiger partial charge in [0, 0.05) is 12.3 Å². The summed E-state index contributed by atoms with van der Waals surface area (Å²) in [5.41, 5.74) is 1.44. The molecule has 11 heteroatoms. The minimum absolute atomic E-state index is 0.0206. The molecule has 1 saturated heterocycles. The van der Waals surface area contributed by atoms with E-state index in [0.717, 1.165) is 17.4 Å². The molecule has 2 aliphatic rings. The van der Waals surface area contributed by atoms with Crippen molar-refractivity contribution >= 4 is 11.8 Å². The number of nitrogens with one attached hydrogen (secondary N) is 1. The zero-order valence-electron chi connectivity index (χ0n) is 13.1. The SMILES string of the molecule is O=C(COC1CC1)ONc1ccn([C@@H]2O[C@H](CO)[C@@H](O)[C@H]2O)c(=O)n1. The number of aromatic nitrogens is 2. The second-order valence-corrected chi connectivity index (χ2v) is 5.82. The third-order valence-electron chi connectivity index (χ3n) is 3.85. The second kappa shape index (κ2) is 7.45. The highest BCUT2D eigenvalue weighted by atomic mass is 16.7. The van der Waals surface area contributed by atoms with Crippen LogP contribution in [0, 0.1) is 0 Å². The van der Waals surface area contributed by atoms with Crippen LogP contribution in [0.5, 0.6) is 0 Å². The van der Waals surface area contributed by atoms with E-state index in [1.807, 2.05) is 0 Å². The summed E-state index contributed by atoms with van der Waals surface area (Å²) in [4.78, 5) is 31.9. The minimum atomic E-state index is -1.40. The molecular weight excluding hydrogens is 338 g/mol. The Kier molecular flexibility index (Phi) is 5.30. The van der Waals surface area contributed by atoms with E-state index >= 15 is 0 Å². The molecule has 11 nitrogen and oxygen atoms in total. The van der Waals surface area contributed by atoms with Crippen molar-refractivity contribution in [1.82, 2.24) is 9.55 Å². The van der Waals surface area contributed by atoms with Gasteiger partial charge < -0.3 is 29.6 Å². The van der Waals surface area contributed by atoms with E-state index in [0.29, 0.717) is 0 Å². The molecule has 0 bridgehead atoms. The first-order valence-electron chi connectivity index (χ1n) is 7.78. The van der Waals surface area contributed by atoms with Gasteiger partial charge in [0.2, 0.25) is 0 Å². The molecule has 0 aromatic carbocycles. The molecule has 0 unspecified atom stereocenters. The van der Waals surface area contributed by atoms with Gasteiger partial charge in [-0.05, 0) is 12.8 Å². The number of carbonyl (C=O) groups is 1. The van der Waals surface area contributed by atoms with E-state index in [4.69, 9.17) is 19.4 Å². The molecule has 138 valence electrons. The van der Waals surface area contributed by atoms with Crippen LogP contribution in [0.2, 0.25) is 0 Å². The Labute approximate surface area is 141 Å². The van der Waals surface area contributed by atoms with Crippen molar-refractivity contribution < 1.29 is 34.4 Å². The number of nitrogens with zero attached hydrogens (tertiary/aromatic N) is 2. The number of hydrogen-bond donors (Lipinski definition) is 4. The van der Waals surface area contributed by atoms with Crippen LogP contribution in [-0.4, -0.2) is 68.5 Å². The summed E-state index contributed by atoms with van der Waals surface area (Å²) in [5, 5.41) is 28.7. The number of hydrogen-bond acceptors (Lipinski definition) is 10. The van der Waals surface area contributed by atoms with Crippen LogP contribution in [0.1, 0.15) is 19.1 Å². The summed E-state index contributed by atoms with van der Waals surface area (Å²) in [6.45, 7) is -0.702. The number of rotatable bonds is 7. The third kappa shape index (κ3) is 4.14. The zero-order valence-corrected chi connectivity index (χ0v) is 13.1. The van der Waals surface area contributed by atoms with Crippen LogP contribution in [0.4, 0.5) is 5.82 Å². The minimum Gasteiger partial charge on any atom is -0.394 e. The Morgan fingerprint density at radius 3 is 2.76 bits per heavy atom. The maximum atomic E-state index is 12.1. The Bertz CT molecular complexity index is 676. The number of aliphatic hydroxyl groups is 3. The summed E-state index contributed by atoms with van der Waals surface area (Å²) in [6.07, 6.45) is -1.67. The first-order chi connectivity index (χ1) is 12.0. The van der Waals surface area contributed by atoms with Crippen LogP contribution in [0.3, 0.4) is 0 Å².